The first kappa shape index (κ1) is 13.9. The highest BCUT2D eigenvalue weighted by Crippen LogP contribution is 1.91. The molecule has 0 aliphatic rings. The van der Waals surface area contributed by atoms with Crippen LogP contribution in [-0.4, -0.2) is 37.1 Å². The van der Waals surface area contributed by atoms with Gasteiger partial charge in [-0.05, 0) is 27.7 Å². The normalized spacial score (nSPS) is 14.1. The maximum Gasteiger partial charge on any atom is 0.322 e. The van der Waals surface area contributed by atoms with Gasteiger partial charge in [0.05, 0.1) is 12.6 Å². The Morgan fingerprint density at radius 3 is 2.27 bits per heavy atom. The van der Waals surface area contributed by atoms with Gasteiger partial charge in [-0.2, -0.15) is 0 Å². The van der Waals surface area contributed by atoms with Crippen molar-refractivity contribution in [2.24, 2.45) is 0 Å². The van der Waals surface area contributed by atoms with Gasteiger partial charge < -0.3 is 10.1 Å². The van der Waals surface area contributed by atoms with Gasteiger partial charge in [-0.15, -0.1) is 0 Å². The molecule has 0 spiro atoms. The Kier molecular flexibility index (Phi) is 6.70. The minimum absolute atomic E-state index is 0.117. The quantitative estimate of drug-likeness (QED) is 0.616. The first-order chi connectivity index (χ1) is 7.02. The van der Waals surface area contributed by atoms with E-state index in [-0.39, 0.29) is 11.9 Å². The van der Waals surface area contributed by atoms with Crippen LogP contribution in [0.1, 0.15) is 27.7 Å². The minimum atomic E-state index is -0.470. The predicted molar refractivity (Wildman–Crippen MR) is 57.4 cm³/mol. The molecule has 0 saturated heterocycles. The lowest BCUT2D eigenvalue weighted by molar-refractivity contribution is -0.145. The summed E-state index contributed by atoms with van der Waals surface area (Å²) in [6.45, 7) is 7.91. The van der Waals surface area contributed by atoms with Gasteiger partial charge in [0.15, 0.2) is 0 Å². The smallest absolute Gasteiger partial charge is 0.322 e. The number of esters is 1. The molecule has 0 radical (unpaired) electrons. The largest absolute Gasteiger partial charge is 0.465 e. The number of hydrogen-bond donors (Lipinski definition) is 2. The van der Waals surface area contributed by atoms with E-state index in [1.807, 2.05) is 6.92 Å². The standard InChI is InChI=1S/C10H20N2O3/c1-5-11-9(13)7(3)12-8(4)10(14)15-6-2/h7-8,12H,5-6H2,1-4H3,(H,11,13). The molecule has 0 aromatic rings. The van der Waals surface area contributed by atoms with Gasteiger partial charge in [-0.1, -0.05) is 0 Å². The summed E-state index contributed by atoms with van der Waals surface area (Å²) in [6.07, 6.45) is 0. The van der Waals surface area contributed by atoms with Crippen molar-refractivity contribution < 1.29 is 14.3 Å². The van der Waals surface area contributed by atoms with Crippen molar-refractivity contribution in [1.29, 1.82) is 0 Å². The average molecular weight is 216 g/mol. The molecule has 15 heavy (non-hydrogen) atoms. The molecule has 0 rings (SSSR count). The van der Waals surface area contributed by atoms with Crippen LogP contribution in [0, 0.1) is 0 Å². The van der Waals surface area contributed by atoms with Crippen molar-refractivity contribution in [3.8, 4) is 0 Å². The summed E-state index contributed by atoms with van der Waals surface area (Å²) >= 11 is 0. The maximum absolute atomic E-state index is 11.3. The summed E-state index contributed by atoms with van der Waals surface area (Å²) in [5, 5.41) is 5.53. The van der Waals surface area contributed by atoms with Crippen LogP contribution in [0.25, 0.3) is 0 Å². The van der Waals surface area contributed by atoms with Gasteiger partial charge in [0.1, 0.15) is 6.04 Å². The van der Waals surface area contributed by atoms with Gasteiger partial charge in [0.2, 0.25) is 5.91 Å². The molecular weight excluding hydrogens is 196 g/mol. The zero-order valence-electron chi connectivity index (χ0n) is 9.79. The molecule has 0 fully saturated rings. The number of carbonyl (C=O) groups excluding carboxylic acids is 2. The van der Waals surface area contributed by atoms with Crippen LogP contribution in [0.5, 0.6) is 0 Å². The Balaban J connectivity index is 3.99. The lowest BCUT2D eigenvalue weighted by atomic mass is 10.2. The molecule has 1 amide bonds. The second-order valence-corrected chi connectivity index (χ2v) is 3.26. The second-order valence-electron chi connectivity index (χ2n) is 3.26. The first-order valence-corrected chi connectivity index (χ1v) is 5.23. The fourth-order valence-corrected chi connectivity index (χ4v) is 1.11. The zero-order chi connectivity index (χ0) is 11.8. The molecule has 2 N–H and O–H groups in total. The molecule has 0 saturated carbocycles. The van der Waals surface area contributed by atoms with Gasteiger partial charge in [-0.25, -0.2) is 0 Å². The Morgan fingerprint density at radius 2 is 1.80 bits per heavy atom. The summed E-state index contributed by atoms with van der Waals surface area (Å²) in [6, 6.07) is -0.869. The van der Waals surface area contributed by atoms with Crippen LogP contribution >= 0.6 is 0 Å². The van der Waals surface area contributed by atoms with Crippen LogP contribution in [0.2, 0.25) is 0 Å². The summed E-state index contributed by atoms with van der Waals surface area (Å²) in [4.78, 5) is 22.6. The van der Waals surface area contributed by atoms with Crippen LogP contribution in [-0.2, 0) is 14.3 Å². The topological polar surface area (TPSA) is 67.4 Å². The average Bonchev–Trinajstić information content (AvgIpc) is 2.18. The van der Waals surface area contributed by atoms with Crippen LogP contribution in [0.4, 0.5) is 0 Å². The van der Waals surface area contributed by atoms with Gasteiger partial charge in [-0.3, -0.25) is 14.9 Å². The van der Waals surface area contributed by atoms with Crippen molar-refractivity contribution in [2.45, 2.75) is 39.8 Å². The fraction of sp³-hybridized carbons (Fsp3) is 0.800. The van der Waals surface area contributed by atoms with E-state index < -0.39 is 12.1 Å². The molecule has 0 aliphatic heterocycles. The number of hydrogen-bond acceptors (Lipinski definition) is 4. The van der Waals surface area contributed by atoms with Crippen molar-refractivity contribution in [3.63, 3.8) is 0 Å². The molecule has 0 aromatic heterocycles. The van der Waals surface area contributed by atoms with E-state index in [0.29, 0.717) is 13.2 Å². The van der Waals surface area contributed by atoms with E-state index in [2.05, 4.69) is 10.6 Å². The van der Waals surface area contributed by atoms with Crippen molar-refractivity contribution in [3.05, 3.63) is 0 Å². The van der Waals surface area contributed by atoms with E-state index in [9.17, 15) is 9.59 Å². The molecule has 0 heterocycles. The minimum Gasteiger partial charge on any atom is -0.465 e. The number of carbonyl (C=O) groups is 2. The summed E-state index contributed by atoms with van der Waals surface area (Å²) in [7, 11) is 0. The van der Waals surface area contributed by atoms with Gasteiger partial charge in [0, 0.05) is 6.54 Å². The van der Waals surface area contributed by atoms with Gasteiger partial charge >= 0.3 is 5.97 Å². The van der Waals surface area contributed by atoms with E-state index in [1.54, 1.807) is 20.8 Å². The number of likely N-dealkylation sites (N-methyl/N-ethyl adjacent to an activating group) is 1. The molecule has 0 aliphatic carbocycles. The molecule has 5 heteroatoms. The molecule has 2 unspecified atom stereocenters. The molecule has 0 aromatic carbocycles. The highest BCUT2D eigenvalue weighted by Gasteiger charge is 2.19. The number of ether oxygens (including phenoxy) is 1. The van der Waals surface area contributed by atoms with Gasteiger partial charge in [0.25, 0.3) is 0 Å². The van der Waals surface area contributed by atoms with E-state index in [0.717, 1.165) is 0 Å². The number of amides is 1. The van der Waals surface area contributed by atoms with Crippen molar-refractivity contribution in [2.75, 3.05) is 13.2 Å². The van der Waals surface area contributed by atoms with E-state index >= 15 is 0 Å². The monoisotopic (exact) mass is 216 g/mol. The Bertz CT molecular complexity index is 197. The fourth-order valence-electron chi connectivity index (χ4n) is 1.11. The molecule has 88 valence electrons. The summed E-state index contributed by atoms with van der Waals surface area (Å²) in [5.74, 6) is -0.456. The second kappa shape index (κ2) is 7.23. The predicted octanol–water partition coefficient (Wildman–Crippen LogP) is 0.0522. The summed E-state index contributed by atoms with van der Waals surface area (Å²) < 4.78 is 4.81. The highest BCUT2D eigenvalue weighted by molar-refractivity contribution is 5.82. The Labute approximate surface area is 90.6 Å². The SMILES string of the molecule is CCNC(=O)C(C)NC(C)C(=O)OCC. The first-order valence-electron chi connectivity index (χ1n) is 5.23. The van der Waals surface area contributed by atoms with Crippen LogP contribution < -0.4 is 10.6 Å². The Morgan fingerprint density at radius 1 is 1.20 bits per heavy atom. The third-order valence-electron chi connectivity index (χ3n) is 1.88. The number of rotatable bonds is 6. The highest BCUT2D eigenvalue weighted by atomic mass is 16.5. The molecule has 2 atom stereocenters. The van der Waals surface area contributed by atoms with E-state index in [1.165, 1.54) is 0 Å². The molecule has 0 bridgehead atoms. The van der Waals surface area contributed by atoms with Crippen molar-refractivity contribution in [1.82, 2.24) is 10.6 Å². The molecular formula is C10H20N2O3. The Hall–Kier alpha value is -1.10. The number of nitrogens with one attached hydrogen (secondary N) is 2. The summed E-state index contributed by atoms with van der Waals surface area (Å²) in [5.41, 5.74) is 0. The van der Waals surface area contributed by atoms with Crippen LogP contribution in [0.3, 0.4) is 0 Å². The third-order valence-corrected chi connectivity index (χ3v) is 1.88. The zero-order valence-corrected chi connectivity index (χ0v) is 9.79. The van der Waals surface area contributed by atoms with Crippen LogP contribution in [0.15, 0.2) is 0 Å². The van der Waals surface area contributed by atoms with E-state index in [4.69, 9.17) is 4.74 Å². The molecule has 5 nitrogen and oxygen atoms in total. The lowest BCUT2D eigenvalue weighted by Gasteiger charge is -2.17. The third kappa shape index (κ3) is 5.37. The lowest BCUT2D eigenvalue weighted by Crippen LogP contribution is -2.48. The maximum atomic E-state index is 11.3. The van der Waals surface area contributed by atoms with Crippen molar-refractivity contribution >= 4 is 11.9 Å².